The smallest absolute Gasteiger partial charge is 0.409 e. The molecule has 1 aromatic heterocycles. The highest BCUT2D eigenvalue weighted by molar-refractivity contribution is 6.42. The maximum Gasteiger partial charge on any atom is 0.409 e. The molecule has 7 nitrogen and oxygen atoms in total. The normalized spacial score (nSPS) is 14.8. The first-order chi connectivity index (χ1) is 13.9. The van der Waals surface area contributed by atoms with Crippen LogP contribution in [0.25, 0.3) is 0 Å². The van der Waals surface area contributed by atoms with E-state index in [1.807, 2.05) is 0 Å². The Morgan fingerprint density at radius 1 is 1.10 bits per heavy atom. The number of hydrogen-bond acceptors (Lipinski definition) is 5. The molecule has 0 aliphatic carbocycles. The van der Waals surface area contributed by atoms with Gasteiger partial charge in [0.05, 0.1) is 23.2 Å². The molecule has 1 aliphatic heterocycles. The number of hydrogen-bond donors (Lipinski definition) is 1. The first kappa shape index (κ1) is 21.5. The molecule has 1 N–H and O–H groups in total. The van der Waals surface area contributed by atoms with Crippen molar-refractivity contribution in [2.24, 2.45) is 0 Å². The van der Waals surface area contributed by atoms with Gasteiger partial charge in [0.1, 0.15) is 0 Å². The number of pyridine rings is 1. The van der Waals surface area contributed by atoms with Gasteiger partial charge in [-0.15, -0.1) is 0 Å². The van der Waals surface area contributed by atoms with Crippen molar-refractivity contribution in [3.8, 4) is 5.75 Å². The van der Waals surface area contributed by atoms with E-state index in [2.05, 4.69) is 4.90 Å². The average molecular weight is 440 g/mol. The minimum absolute atomic E-state index is 0.264. The summed E-state index contributed by atoms with van der Waals surface area (Å²) in [7, 11) is 0. The number of rotatable bonds is 5. The number of amides is 1. The van der Waals surface area contributed by atoms with Gasteiger partial charge in [0.15, 0.2) is 5.75 Å². The molecule has 0 saturated carbocycles. The SMILES string of the molecule is CCOC(=O)N1CCN(Cc2ccn(Cc3ccc(Cl)c(Cl)c3)c(=O)c2O)CC1. The third-order valence-electron chi connectivity index (χ3n) is 4.85. The van der Waals surface area contributed by atoms with Gasteiger partial charge in [0, 0.05) is 44.5 Å². The van der Waals surface area contributed by atoms with Gasteiger partial charge >= 0.3 is 6.09 Å². The second-order valence-corrected chi connectivity index (χ2v) is 7.65. The summed E-state index contributed by atoms with van der Waals surface area (Å²) in [6.07, 6.45) is 1.36. The van der Waals surface area contributed by atoms with E-state index in [1.165, 1.54) is 4.57 Å². The molecule has 0 radical (unpaired) electrons. The summed E-state index contributed by atoms with van der Waals surface area (Å²) in [4.78, 5) is 28.1. The maximum atomic E-state index is 12.6. The van der Waals surface area contributed by atoms with E-state index in [4.69, 9.17) is 27.9 Å². The first-order valence-corrected chi connectivity index (χ1v) is 10.1. The van der Waals surface area contributed by atoms with E-state index in [0.29, 0.717) is 54.9 Å². The topological polar surface area (TPSA) is 75.0 Å². The number of ether oxygens (including phenoxy) is 1. The fraction of sp³-hybridized carbons (Fsp3) is 0.400. The highest BCUT2D eigenvalue weighted by Crippen LogP contribution is 2.23. The number of nitrogens with zero attached hydrogens (tertiary/aromatic N) is 3. The van der Waals surface area contributed by atoms with E-state index in [-0.39, 0.29) is 18.4 Å². The van der Waals surface area contributed by atoms with Crippen molar-refractivity contribution in [2.45, 2.75) is 20.0 Å². The zero-order valence-corrected chi connectivity index (χ0v) is 17.6. The molecule has 2 aromatic rings. The van der Waals surface area contributed by atoms with Gasteiger partial charge in [-0.25, -0.2) is 4.79 Å². The van der Waals surface area contributed by atoms with Crippen LogP contribution >= 0.6 is 23.2 Å². The summed E-state index contributed by atoms with van der Waals surface area (Å²) >= 11 is 11.9. The Morgan fingerprint density at radius 2 is 1.83 bits per heavy atom. The Hall–Kier alpha value is -2.22. The zero-order chi connectivity index (χ0) is 21.0. The van der Waals surface area contributed by atoms with Crippen LogP contribution in [0, 0.1) is 0 Å². The molecule has 0 bridgehead atoms. The molecule has 9 heteroatoms. The minimum Gasteiger partial charge on any atom is -0.503 e. The molecular weight excluding hydrogens is 417 g/mol. The van der Waals surface area contributed by atoms with Gasteiger partial charge < -0.3 is 19.3 Å². The lowest BCUT2D eigenvalue weighted by Gasteiger charge is -2.34. The number of aromatic nitrogens is 1. The van der Waals surface area contributed by atoms with Gasteiger partial charge in [0.2, 0.25) is 0 Å². The van der Waals surface area contributed by atoms with E-state index in [0.717, 1.165) is 5.56 Å². The van der Waals surface area contributed by atoms with Crippen LogP contribution in [0.3, 0.4) is 0 Å². The average Bonchev–Trinajstić information content (AvgIpc) is 2.71. The van der Waals surface area contributed by atoms with Gasteiger partial charge in [-0.2, -0.15) is 0 Å². The van der Waals surface area contributed by atoms with Crippen molar-refractivity contribution in [3.63, 3.8) is 0 Å². The predicted molar refractivity (Wildman–Crippen MR) is 112 cm³/mol. The fourth-order valence-electron chi connectivity index (χ4n) is 3.23. The van der Waals surface area contributed by atoms with Crippen LogP contribution in [0.2, 0.25) is 10.0 Å². The number of halogens is 2. The summed E-state index contributed by atoms with van der Waals surface area (Å²) in [5.41, 5.74) is 0.910. The first-order valence-electron chi connectivity index (χ1n) is 9.38. The minimum atomic E-state index is -0.460. The van der Waals surface area contributed by atoms with E-state index in [9.17, 15) is 14.7 Å². The third kappa shape index (κ3) is 5.23. The molecule has 1 saturated heterocycles. The lowest BCUT2D eigenvalue weighted by Crippen LogP contribution is -2.48. The van der Waals surface area contributed by atoms with Crippen LogP contribution in [-0.4, -0.2) is 58.4 Å². The molecule has 156 valence electrons. The van der Waals surface area contributed by atoms with Crippen LogP contribution in [0.1, 0.15) is 18.1 Å². The van der Waals surface area contributed by atoms with Gasteiger partial charge in [-0.3, -0.25) is 9.69 Å². The van der Waals surface area contributed by atoms with Gasteiger partial charge in [-0.05, 0) is 30.7 Å². The fourth-order valence-corrected chi connectivity index (χ4v) is 3.55. The summed E-state index contributed by atoms with van der Waals surface area (Å²) in [5, 5.41) is 11.3. The molecule has 1 amide bonds. The highest BCUT2D eigenvalue weighted by atomic mass is 35.5. The molecule has 1 aromatic carbocycles. The lowest BCUT2D eigenvalue weighted by molar-refractivity contribution is 0.0776. The lowest BCUT2D eigenvalue weighted by atomic mass is 10.2. The van der Waals surface area contributed by atoms with Crippen molar-refractivity contribution >= 4 is 29.3 Å². The highest BCUT2D eigenvalue weighted by Gasteiger charge is 2.23. The summed E-state index contributed by atoms with van der Waals surface area (Å²) < 4.78 is 6.44. The molecule has 0 spiro atoms. The number of aromatic hydroxyl groups is 1. The van der Waals surface area contributed by atoms with Crippen LogP contribution in [0.15, 0.2) is 35.3 Å². The van der Waals surface area contributed by atoms with Crippen LogP contribution in [-0.2, 0) is 17.8 Å². The van der Waals surface area contributed by atoms with Crippen LogP contribution in [0.5, 0.6) is 5.75 Å². The zero-order valence-electron chi connectivity index (χ0n) is 16.1. The number of carbonyl (C=O) groups excluding carboxylic acids is 1. The number of carbonyl (C=O) groups is 1. The monoisotopic (exact) mass is 439 g/mol. The third-order valence-corrected chi connectivity index (χ3v) is 5.59. The van der Waals surface area contributed by atoms with Crippen molar-refractivity contribution in [1.82, 2.24) is 14.4 Å². The van der Waals surface area contributed by atoms with E-state index in [1.54, 1.807) is 42.3 Å². The van der Waals surface area contributed by atoms with Crippen LogP contribution < -0.4 is 5.56 Å². The van der Waals surface area contributed by atoms with Crippen molar-refractivity contribution in [1.29, 1.82) is 0 Å². The molecule has 0 unspecified atom stereocenters. The van der Waals surface area contributed by atoms with E-state index >= 15 is 0 Å². The molecular formula is C20H23Cl2N3O4. The maximum absolute atomic E-state index is 12.6. The Labute approximate surface area is 179 Å². The van der Waals surface area contributed by atoms with Crippen molar-refractivity contribution < 1.29 is 14.6 Å². The molecule has 2 heterocycles. The molecule has 0 atom stereocenters. The van der Waals surface area contributed by atoms with Crippen molar-refractivity contribution in [2.75, 3.05) is 32.8 Å². The van der Waals surface area contributed by atoms with Crippen molar-refractivity contribution in [3.05, 3.63) is 62.0 Å². The Bertz CT molecular complexity index is 940. The second kappa shape index (κ2) is 9.52. The second-order valence-electron chi connectivity index (χ2n) is 6.83. The Kier molecular flexibility index (Phi) is 7.05. The number of piperazine rings is 1. The molecule has 1 aliphatic rings. The molecule has 1 fully saturated rings. The number of benzene rings is 1. The van der Waals surface area contributed by atoms with E-state index < -0.39 is 5.56 Å². The standard InChI is InChI=1S/C20H23Cl2N3O4/c1-2-29-20(28)24-9-7-23(8-10-24)13-15-5-6-25(19(27)18(15)26)12-14-3-4-16(21)17(22)11-14/h3-6,11,26H,2,7-10,12-13H2,1H3. The molecule has 29 heavy (non-hydrogen) atoms. The quantitative estimate of drug-likeness (QED) is 0.773. The largest absolute Gasteiger partial charge is 0.503 e. The Balaban J connectivity index is 1.65. The Morgan fingerprint density at radius 3 is 2.48 bits per heavy atom. The van der Waals surface area contributed by atoms with Gasteiger partial charge in [-0.1, -0.05) is 29.3 Å². The van der Waals surface area contributed by atoms with Gasteiger partial charge in [0.25, 0.3) is 5.56 Å². The predicted octanol–water partition coefficient (Wildman–Crippen LogP) is 3.18. The summed E-state index contributed by atoms with van der Waals surface area (Å²) in [6, 6.07) is 6.90. The molecule has 3 rings (SSSR count). The van der Waals surface area contributed by atoms with Crippen LogP contribution in [0.4, 0.5) is 4.79 Å². The summed E-state index contributed by atoms with van der Waals surface area (Å²) in [6.45, 7) is 5.23. The summed E-state index contributed by atoms with van der Waals surface area (Å²) in [5.74, 6) is -0.264.